The molecule has 0 radical (unpaired) electrons. The first-order valence-electron chi connectivity index (χ1n) is 5.99. The van der Waals surface area contributed by atoms with Crippen molar-refractivity contribution in [2.45, 2.75) is 33.1 Å². The molecule has 0 aliphatic rings. The predicted octanol–water partition coefficient (Wildman–Crippen LogP) is 3.80. The van der Waals surface area contributed by atoms with Crippen LogP contribution in [-0.2, 0) is 10.2 Å². The average molecular weight is 279 g/mol. The van der Waals surface area contributed by atoms with Crippen molar-refractivity contribution in [1.82, 2.24) is 4.98 Å². The fourth-order valence-electron chi connectivity index (χ4n) is 1.71. The zero-order chi connectivity index (χ0) is 14.2. The Kier molecular flexibility index (Phi) is 3.49. The van der Waals surface area contributed by atoms with Crippen molar-refractivity contribution < 1.29 is 13.9 Å². The van der Waals surface area contributed by atoms with Crippen molar-refractivity contribution in [2.24, 2.45) is 0 Å². The maximum Gasteiger partial charge on any atom is 0.376 e. The van der Waals surface area contributed by atoms with Crippen LogP contribution in [-0.4, -0.2) is 18.1 Å². The summed E-state index contributed by atoms with van der Waals surface area (Å²) in [5.74, 6) is 0.177. The van der Waals surface area contributed by atoms with E-state index in [0.29, 0.717) is 11.6 Å². The first-order chi connectivity index (χ1) is 8.82. The highest BCUT2D eigenvalue weighted by molar-refractivity contribution is 7.15. The Balaban J connectivity index is 2.54. The lowest BCUT2D eigenvalue weighted by Gasteiger charge is -2.15. The number of oxazole rings is 1. The van der Waals surface area contributed by atoms with E-state index in [0.717, 1.165) is 4.88 Å². The van der Waals surface area contributed by atoms with Gasteiger partial charge in [-0.3, -0.25) is 0 Å². The van der Waals surface area contributed by atoms with Crippen LogP contribution in [0, 0.1) is 6.92 Å². The van der Waals surface area contributed by atoms with Crippen LogP contribution in [0.25, 0.3) is 10.8 Å². The second kappa shape index (κ2) is 4.81. The highest BCUT2D eigenvalue weighted by atomic mass is 32.1. The topological polar surface area (TPSA) is 52.3 Å². The van der Waals surface area contributed by atoms with E-state index in [2.05, 4.69) is 4.98 Å². The van der Waals surface area contributed by atoms with Crippen molar-refractivity contribution in [2.75, 3.05) is 7.11 Å². The van der Waals surface area contributed by atoms with E-state index in [1.54, 1.807) is 11.3 Å². The monoisotopic (exact) mass is 279 g/mol. The number of nitrogens with zero attached hydrogens (tertiary/aromatic N) is 1. The van der Waals surface area contributed by atoms with E-state index in [4.69, 9.17) is 9.15 Å². The number of esters is 1. The fourth-order valence-corrected chi connectivity index (χ4v) is 2.51. The molecule has 4 nitrogen and oxygen atoms in total. The molecule has 19 heavy (non-hydrogen) atoms. The molecule has 0 N–H and O–H groups in total. The van der Waals surface area contributed by atoms with E-state index >= 15 is 0 Å². The Morgan fingerprint density at radius 2 is 2.05 bits per heavy atom. The van der Waals surface area contributed by atoms with Gasteiger partial charge in [0.15, 0.2) is 0 Å². The maximum atomic E-state index is 11.8. The van der Waals surface area contributed by atoms with E-state index < -0.39 is 5.97 Å². The van der Waals surface area contributed by atoms with Gasteiger partial charge in [-0.15, -0.1) is 11.3 Å². The minimum absolute atomic E-state index is 0.191. The number of hydrogen-bond acceptors (Lipinski definition) is 5. The van der Waals surface area contributed by atoms with Crippen LogP contribution in [0.5, 0.6) is 0 Å². The van der Waals surface area contributed by atoms with Crippen LogP contribution in [0.2, 0.25) is 0 Å². The second-order valence-corrected chi connectivity index (χ2v) is 6.64. The van der Waals surface area contributed by atoms with E-state index in [9.17, 15) is 4.79 Å². The number of hydrogen-bond donors (Lipinski definition) is 0. The van der Waals surface area contributed by atoms with Crippen LogP contribution in [0.3, 0.4) is 0 Å². The second-order valence-electron chi connectivity index (χ2n) is 5.35. The highest BCUT2D eigenvalue weighted by Gasteiger charge is 2.30. The lowest BCUT2D eigenvalue weighted by molar-refractivity contribution is 0.0562. The van der Waals surface area contributed by atoms with Crippen LogP contribution < -0.4 is 0 Å². The van der Waals surface area contributed by atoms with E-state index in [1.807, 2.05) is 39.8 Å². The zero-order valence-corrected chi connectivity index (χ0v) is 12.6. The SMILES string of the molecule is COC(=O)c1oc(-c2ccc(C)s2)nc1C(C)(C)C. The van der Waals surface area contributed by atoms with Gasteiger partial charge in [-0.1, -0.05) is 20.8 Å². The molecule has 0 saturated heterocycles. The molecule has 0 bridgehead atoms. The quantitative estimate of drug-likeness (QED) is 0.785. The van der Waals surface area contributed by atoms with Gasteiger partial charge in [0.05, 0.1) is 12.0 Å². The Bertz CT molecular complexity index is 604. The molecule has 0 unspecified atom stereocenters. The number of carbonyl (C=O) groups is 1. The number of methoxy groups -OCH3 is 1. The molecule has 0 fully saturated rings. The lowest BCUT2D eigenvalue weighted by Crippen LogP contribution is -2.17. The molecule has 0 atom stereocenters. The van der Waals surface area contributed by atoms with E-state index in [1.165, 1.54) is 12.0 Å². The number of ether oxygens (including phenoxy) is 1. The normalized spacial score (nSPS) is 11.6. The average Bonchev–Trinajstić information content (AvgIpc) is 2.92. The zero-order valence-electron chi connectivity index (χ0n) is 11.7. The molecular weight excluding hydrogens is 262 g/mol. The summed E-state index contributed by atoms with van der Waals surface area (Å²) in [4.78, 5) is 18.3. The molecule has 5 heteroatoms. The van der Waals surface area contributed by atoms with Crippen molar-refractivity contribution >= 4 is 17.3 Å². The summed E-state index contributed by atoms with van der Waals surface area (Å²) in [6.07, 6.45) is 0. The third-order valence-corrected chi connectivity index (χ3v) is 3.65. The van der Waals surface area contributed by atoms with Gasteiger partial charge in [-0.2, -0.15) is 0 Å². The summed E-state index contributed by atoms with van der Waals surface area (Å²) < 4.78 is 10.4. The minimum Gasteiger partial charge on any atom is -0.463 e. The molecule has 102 valence electrons. The summed E-state index contributed by atoms with van der Waals surface area (Å²) in [7, 11) is 1.34. The number of carbonyl (C=O) groups excluding carboxylic acids is 1. The summed E-state index contributed by atoms with van der Waals surface area (Å²) in [5, 5.41) is 0. The fraction of sp³-hybridized carbons (Fsp3) is 0.429. The Hall–Kier alpha value is -1.62. The number of aryl methyl sites for hydroxylation is 1. The number of rotatable bonds is 2. The van der Waals surface area contributed by atoms with Crippen molar-refractivity contribution in [1.29, 1.82) is 0 Å². The maximum absolute atomic E-state index is 11.8. The van der Waals surface area contributed by atoms with Gasteiger partial charge in [-0.25, -0.2) is 9.78 Å². The highest BCUT2D eigenvalue weighted by Crippen LogP contribution is 2.33. The number of aromatic nitrogens is 1. The molecule has 2 aromatic rings. The molecule has 0 spiro atoms. The van der Waals surface area contributed by atoms with Gasteiger partial charge in [-0.05, 0) is 19.1 Å². The Morgan fingerprint density at radius 3 is 2.53 bits per heavy atom. The molecule has 2 aromatic heterocycles. The van der Waals surface area contributed by atoms with Gasteiger partial charge in [0.25, 0.3) is 0 Å². The van der Waals surface area contributed by atoms with Gasteiger partial charge < -0.3 is 9.15 Å². The summed E-state index contributed by atoms with van der Waals surface area (Å²) >= 11 is 1.58. The smallest absolute Gasteiger partial charge is 0.376 e. The van der Waals surface area contributed by atoms with Crippen LogP contribution in [0.15, 0.2) is 16.5 Å². The van der Waals surface area contributed by atoms with E-state index in [-0.39, 0.29) is 11.2 Å². The van der Waals surface area contributed by atoms with Crippen LogP contribution >= 0.6 is 11.3 Å². The summed E-state index contributed by atoms with van der Waals surface area (Å²) in [6.45, 7) is 7.98. The molecule has 0 saturated carbocycles. The Morgan fingerprint density at radius 1 is 1.37 bits per heavy atom. The minimum atomic E-state index is -0.489. The predicted molar refractivity (Wildman–Crippen MR) is 74.6 cm³/mol. The van der Waals surface area contributed by atoms with Gasteiger partial charge in [0.2, 0.25) is 11.7 Å². The molecular formula is C14H17NO3S. The third kappa shape index (κ3) is 2.71. The largest absolute Gasteiger partial charge is 0.463 e. The van der Waals surface area contributed by atoms with Gasteiger partial charge in [0.1, 0.15) is 5.69 Å². The van der Waals surface area contributed by atoms with Crippen molar-refractivity contribution in [3.05, 3.63) is 28.5 Å². The third-order valence-electron chi connectivity index (χ3n) is 2.66. The molecule has 0 aliphatic carbocycles. The van der Waals surface area contributed by atoms with Gasteiger partial charge >= 0.3 is 5.97 Å². The number of thiophene rings is 1. The van der Waals surface area contributed by atoms with Crippen molar-refractivity contribution in [3.8, 4) is 10.8 Å². The Labute approximate surface area is 116 Å². The molecule has 0 aromatic carbocycles. The van der Waals surface area contributed by atoms with Crippen molar-refractivity contribution in [3.63, 3.8) is 0 Å². The first-order valence-corrected chi connectivity index (χ1v) is 6.81. The van der Waals surface area contributed by atoms with Crippen LogP contribution in [0.1, 0.15) is 41.9 Å². The molecule has 2 heterocycles. The molecule has 2 rings (SSSR count). The summed E-state index contributed by atoms with van der Waals surface area (Å²) in [6, 6.07) is 3.94. The van der Waals surface area contributed by atoms with Gasteiger partial charge in [0, 0.05) is 10.3 Å². The standard InChI is InChI=1S/C14H17NO3S/c1-8-6-7-9(19-8)12-15-11(14(2,3)4)10(18-12)13(16)17-5/h6-7H,1-5H3. The first kappa shape index (κ1) is 13.8. The lowest BCUT2D eigenvalue weighted by atomic mass is 9.91. The van der Waals surface area contributed by atoms with Crippen LogP contribution in [0.4, 0.5) is 0 Å². The molecule has 0 aliphatic heterocycles. The molecule has 0 amide bonds. The summed E-state index contributed by atoms with van der Waals surface area (Å²) in [5.41, 5.74) is 0.345.